The predicted octanol–water partition coefficient (Wildman–Crippen LogP) is 3.26. The van der Waals surface area contributed by atoms with Crippen molar-refractivity contribution in [3.8, 4) is 0 Å². The van der Waals surface area contributed by atoms with E-state index in [2.05, 4.69) is 19.2 Å². The van der Waals surface area contributed by atoms with Gasteiger partial charge in [-0.3, -0.25) is 4.79 Å². The monoisotopic (exact) mass is 792 g/mol. The van der Waals surface area contributed by atoms with Crippen LogP contribution in [0.15, 0.2) is 12.2 Å². The van der Waals surface area contributed by atoms with Gasteiger partial charge in [-0.2, -0.15) is 0 Å². The Morgan fingerprint density at radius 2 is 1.13 bits per heavy atom. The number of aliphatic hydroxyl groups excluding tert-OH is 8. The van der Waals surface area contributed by atoms with Crippen molar-refractivity contribution in [2.75, 3.05) is 19.8 Å². The molecule has 4 unspecified atom stereocenters. The van der Waals surface area contributed by atoms with Gasteiger partial charge < -0.3 is 65.1 Å². The lowest BCUT2D eigenvalue weighted by Crippen LogP contribution is -2.65. The number of ether oxygens (including phenoxy) is 4. The highest BCUT2D eigenvalue weighted by atomic mass is 16.7. The molecule has 324 valence electrons. The number of rotatable bonds is 31. The normalized spacial score (nSPS) is 29.8. The van der Waals surface area contributed by atoms with Gasteiger partial charge in [0.1, 0.15) is 48.8 Å². The second kappa shape index (κ2) is 29.9. The fourth-order valence-electron chi connectivity index (χ4n) is 7.11. The zero-order valence-corrected chi connectivity index (χ0v) is 33.7. The maximum atomic E-state index is 13.0. The van der Waals surface area contributed by atoms with E-state index in [1.807, 2.05) is 6.08 Å². The first-order chi connectivity index (χ1) is 26.6. The summed E-state index contributed by atoms with van der Waals surface area (Å²) in [6, 6.07) is -0.904. The summed E-state index contributed by atoms with van der Waals surface area (Å²) < 4.78 is 22.5. The number of amides is 1. The van der Waals surface area contributed by atoms with Crippen LogP contribution in [0.4, 0.5) is 0 Å². The Kier molecular flexibility index (Phi) is 27.1. The van der Waals surface area contributed by atoms with Crippen LogP contribution in [0.5, 0.6) is 0 Å². The minimum absolute atomic E-state index is 0.247. The molecule has 9 N–H and O–H groups in total. The van der Waals surface area contributed by atoms with Gasteiger partial charge in [0.25, 0.3) is 0 Å². The molecule has 2 heterocycles. The number of hydrogen-bond donors (Lipinski definition) is 9. The fourth-order valence-corrected chi connectivity index (χ4v) is 7.11. The second-order valence-electron chi connectivity index (χ2n) is 15.5. The average Bonchev–Trinajstić information content (AvgIpc) is 3.18. The Hall–Kier alpha value is -1.27. The van der Waals surface area contributed by atoms with E-state index in [-0.39, 0.29) is 18.9 Å². The van der Waals surface area contributed by atoms with Crippen LogP contribution in [0.2, 0.25) is 0 Å². The van der Waals surface area contributed by atoms with Crippen molar-refractivity contribution in [3.05, 3.63) is 12.2 Å². The highest BCUT2D eigenvalue weighted by Gasteiger charge is 2.50. The molecule has 0 aromatic carbocycles. The van der Waals surface area contributed by atoms with Gasteiger partial charge in [-0.15, -0.1) is 0 Å². The third-order valence-corrected chi connectivity index (χ3v) is 10.7. The molecule has 2 rings (SSSR count). The number of unbranched alkanes of at least 4 members (excludes halogenated alkanes) is 18. The van der Waals surface area contributed by atoms with Crippen molar-refractivity contribution < 1.29 is 64.6 Å². The molecule has 14 nitrogen and oxygen atoms in total. The molecule has 14 heteroatoms. The summed E-state index contributed by atoms with van der Waals surface area (Å²) in [6.07, 6.45) is 9.94. The maximum Gasteiger partial charge on any atom is 0.220 e. The van der Waals surface area contributed by atoms with E-state index in [1.54, 1.807) is 6.08 Å². The van der Waals surface area contributed by atoms with Crippen LogP contribution < -0.4 is 5.32 Å². The number of carbonyl (C=O) groups excluding carboxylic acids is 1. The SMILES string of the molecule is CCCCCCCCCCCCC/C=C/[C@@H](O)[C@H](CO[C@@H]1O[C@H](CO)[C@@H](O[C@@H]2O[C@H](CO)[C@H](O)C(O)C2O)C(O)C1O)NC(=O)CCCCCCCCCC. The minimum atomic E-state index is -1.78. The number of aliphatic hydroxyl groups is 8. The highest BCUT2D eigenvalue weighted by molar-refractivity contribution is 5.76. The van der Waals surface area contributed by atoms with E-state index in [1.165, 1.54) is 83.5 Å². The molecular formula is C41H77NO13. The van der Waals surface area contributed by atoms with Crippen molar-refractivity contribution in [1.29, 1.82) is 0 Å². The molecule has 12 atom stereocenters. The minimum Gasteiger partial charge on any atom is -0.394 e. The molecule has 0 aliphatic carbocycles. The molecule has 1 amide bonds. The third-order valence-electron chi connectivity index (χ3n) is 10.7. The molecule has 0 bridgehead atoms. The summed E-state index contributed by atoms with van der Waals surface area (Å²) in [5.74, 6) is -0.247. The van der Waals surface area contributed by atoms with Crippen molar-refractivity contribution in [1.82, 2.24) is 5.32 Å². The molecule has 0 spiro atoms. The van der Waals surface area contributed by atoms with Gasteiger partial charge in [0.15, 0.2) is 12.6 Å². The van der Waals surface area contributed by atoms with Gasteiger partial charge in [-0.25, -0.2) is 0 Å². The Labute approximate surface area is 329 Å². The lowest BCUT2D eigenvalue weighted by atomic mass is 9.97. The Morgan fingerprint density at radius 1 is 0.636 bits per heavy atom. The van der Waals surface area contributed by atoms with Gasteiger partial charge in [0.05, 0.1) is 32.0 Å². The Bertz CT molecular complexity index is 988. The Balaban J connectivity index is 1.93. The maximum absolute atomic E-state index is 13.0. The smallest absolute Gasteiger partial charge is 0.220 e. The lowest BCUT2D eigenvalue weighted by Gasteiger charge is -2.46. The van der Waals surface area contributed by atoms with Crippen molar-refractivity contribution in [3.63, 3.8) is 0 Å². The number of carbonyl (C=O) groups is 1. The molecule has 2 aliphatic heterocycles. The summed E-state index contributed by atoms with van der Waals surface area (Å²) in [6.45, 7) is 2.71. The molecule has 0 aromatic rings. The molecule has 0 saturated carbocycles. The summed E-state index contributed by atoms with van der Waals surface area (Å²) >= 11 is 0. The largest absolute Gasteiger partial charge is 0.394 e. The quantitative estimate of drug-likeness (QED) is 0.0364. The molecule has 2 saturated heterocycles. The standard InChI is InChI=1S/C41H77NO13/c1-3-5-7-9-11-13-14-15-16-17-18-20-22-24-30(45)29(42-33(46)25-23-21-19-12-10-8-6-4-2)28-52-40-38(51)36(49)39(32(27-44)54-40)55-41-37(50)35(48)34(47)31(26-43)53-41/h22,24,29-32,34-41,43-45,47-51H,3-21,23,25-28H2,1-2H3,(H,42,46)/b24-22+/t29-,30+,31+,32+,34-,35?,36?,37?,38?,39+,40+,41-/m0/s1. The predicted molar refractivity (Wildman–Crippen MR) is 208 cm³/mol. The van der Waals surface area contributed by atoms with Gasteiger partial charge in [-0.05, 0) is 19.3 Å². The summed E-state index contributed by atoms with van der Waals surface area (Å²) in [4.78, 5) is 13.0. The first-order valence-electron chi connectivity index (χ1n) is 21.4. The second-order valence-corrected chi connectivity index (χ2v) is 15.5. The highest BCUT2D eigenvalue weighted by Crippen LogP contribution is 2.30. The van der Waals surface area contributed by atoms with Gasteiger partial charge in [-0.1, -0.05) is 135 Å². The van der Waals surface area contributed by atoms with Crippen LogP contribution in [-0.4, -0.2) is 140 Å². The summed E-state index contributed by atoms with van der Waals surface area (Å²) in [5, 5.41) is 86.1. The zero-order chi connectivity index (χ0) is 40.4. The van der Waals surface area contributed by atoms with Gasteiger partial charge in [0.2, 0.25) is 5.91 Å². The fraction of sp³-hybridized carbons (Fsp3) is 0.927. The summed E-state index contributed by atoms with van der Waals surface area (Å²) in [7, 11) is 0. The van der Waals surface area contributed by atoms with E-state index >= 15 is 0 Å². The van der Waals surface area contributed by atoms with Crippen LogP contribution in [0.3, 0.4) is 0 Å². The van der Waals surface area contributed by atoms with Crippen LogP contribution >= 0.6 is 0 Å². The van der Waals surface area contributed by atoms with E-state index in [4.69, 9.17) is 18.9 Å². The van der Waals surface area contributed by atoms with Crippen molar-refractivity contribution >= 4 is 5.91 Å². The van der Waals surface area contributed by atoms with Crippen molar-refractivity contribution in [2.45, 2.75) is 222 Å². The number of allylic oxidation sites excluding steroid dienone is 1. The zero-order valence-electron chi connectivity index (χ0n) is 33.7. The van der Waals surface area contributed by atoms with E-state index in [0.29, 0.717) is 6.42 Å². The van der Waals surface area contributed by atoms with Crippen LogP contribution in [0.25, 0.3) is 0 Å². The number of nitrogens with one attached hydrogen (secondary N) is 1. The molecule has 55 heavy (non-hydrogen) atoms. The van der Waals surface area contributed by atoms with Gasteiger partial charge >= 0.3 is 0 Å². The molecule has 0 radical (unpaired) electrons. The van der Waals surface area contributed by atoms with Crippen molar-refractivity contribution in [2.24, 2.45) is 0 Å². The third kappa shape index (κ3) is 18.9. The van der Waals surface area contributed by atoms with E-state index in [0.717, 1.165) is 38.5 Å². The van der Waals surface area contributed by atoms with E-state index in [9.17, 15) is 45.6 Å². The lowest BCUT2D eigenvalue weighted by molar-refractivity contribution is -0.359. The topological polar surface area (TPSA) is 228 Å². The average molecular weight is 792 g/mol. The molecule has 2 fully saturated rings. The molecule has 2 aliphatic rings. The summed E-state index contributed by atoms with van der Waals surface area (Å²) in [5.41, 5.74) is 0. The van der Waals surface area contributed by atoms with Gasteiger partial charge in [0, 0.05) is 6.42 Å². The van der Waals surface area contributed by atoms with E-state index < -0.39 is 86.8 Å². The number of hydrogen-bond acceptors (Lipinski definition) is 13. The van der Waals surface area contributed by atoms with Crippen LogP contribution in [0, 0.1) is 0 Å². The van der Waals surface area contributed by atoms with Crippen LogP contribution in [-0.2, 0) is 23.7 Å². The van der Waals surface area contributed by atoms with Crippen LogP contribution in [0.1, 0.15) is 149 Å². The Morgan fingerprint density at radius 3 is 1.67 bits per heavy atom. The first-order valence-corrected chi connectivity index (χ1v) is 21.4. The first kappa shape index (κ1) is 49.9. The molecule has 0 aromatic heterocycles. The molecular weight excluding hydrogens is 714 g/mol.